The number of hydrogen-bond acceptors (Lipinski definition) is 4. The second kappa shape index (κ2) is 4.23. The molecule has 0 amide bonds. The number of pyridine rings is 1. The zero-order chi connectivity index (χ0) is 10.0. The molecule has 0 aromatic carbocycles. The number of nitrogen functional groups attached to an aromatic ring is 1. The van der Waals surface area contributed by atoms with Crippen molar-refractivity contribution in [3.05, 3.63) is 19.9 Å². The number of halogens is 2. The summed E-state index contributed by atoms with van der Waals surface area (Å²) < 4.78 is 5.95. The van der Waals surface area contributed by atoms with Crippen LogP contribution in [0.3, 0.4) is 0 Å². The van der Waals surface area contributed by atoms with Crippen LogP contribution in [0.4, 0.5) is 5.69 Å². The zero-order valence-electron chi connectivity index (χ0n) is 6.67. The van der Waals surface area contributed by atoms with Crippen LogP contribution in [0.2, 0.25) is 0 Å². The van der Waals surface area contributed by atoms with Gasteiger partial charge in [0.2, 0.25) is 0 Å². The summed E-state index contributed by atoms with van der Waals surface area (Å²) in [5, 5.41) is 0. The molecular formula is C7H6BrIN2O2. The van der Waals surface area contributed by atoms with Gasteiger partial charge < -0.3 is 10.5 Å². The van der Waals surface area contributed by atoms with Crippen LogP contribution in [-0.4, -0.2) is 18.1 Å². The SMILES string of the molecule is COC(=O)c1nc(I)c(Br)cc1N. The molecule has 2 N–H and O–H groups in total. The van der Waals surface area contributed by atoms with Crippen molar-refractivity contribution in [2.75, 3.05) is 12.8 Å². The highest BCUT2D eigenvalue weighted by atomic mass is 127. The topological polar surface area (TPSA) is 65.2 Å². The van der Waals surface area contributed by atoms with Crippen molar-refractivity contribution < 1.29 is 9.53 Å². The van der Waals surface area contributed by atoms with Gasteiger partial charge in [-0.05, 0) is 44.6 Å². The maximum absolute atomic E-state index is 11.1. The number of esters is 1. The molecule has 6 heteroatoms. The molecule has 0 aliphatic rings. The standard InChI is InChI=1S/C7H6BrIN2O2/c1-13-7(12)5-4(10)2-3(8)6(9)11-5/h2H,10H2,1H3. The Morgan fingerprint density at radius 2 is 2.38 bits per heavy atom. The van der Waals surface area contributed by atoms with E-state index in [0.29, 0.717) is 9.39 Å². The molecule has 4 nitrogen and oxygen atoms in total. The summed E-state index contributed by atoms with van der Waals surface area (Å²) in [5.41, 5.74) is 6.02. The number of nitrogens with two attached hydrogens (primary N) is 1. The maximum atomic E-state index is 11.1. The van der Waals surface area contributed by atoms with Crippen molar-refractivity contribution in [1.29, 1.82) is 0 Å². The largest absolute Gasteiger partial charge is 0.464 e. The fraction of sp³-hybridized carbons (Fsp3) is 0.143. The first-order chi connectivity index (χ1) is 6.06. The molecule has 1 heterocycles. The molecule has 0 fully saturated rings. The second-order valence-corrected chi connectivity index (χ2v) is 4.07. The Morgan fingerprint density at radius 3 is 2.92 bits per heavy atom. The van der Waals surface area contributed by atoms with E-state index in [-0.39, 0.29) is 5.69 Å². The van der Waals surface area contributed by atoms with Gasteiger partial charge in [-0.25, -0.2) is 9.78 Å². The Kier molecular flexibility index (Phi) is 3.48. The molecule has 1 aromatic heterocycles. The average Bonchev–Trinajstić information content (AvgIpc) is 2.10. The highest BCUT2D eigenvalue weighted by molar-refractivity contribution is 14.1. The van der Waals surface area contributed by atoms with E-state index in [0.717, 1.165) is 4.47 Å². The van der Waals surface area contributed by atoms with E-state index in [2.05, 4.69) is 25.7 Å². The van der Waals surface area contributed by atoms with Gasteiger partial charge in [-0.3, -0.25) is 0 Å². The Labute approximate surface area is 97.1 Å². The number of rotatable bonds is 1. The van der Waals surface area contributed by atoms with Crippen molar-refractivity contribution in [2.24, 2.45) is 0 Å². The molecule has 1 aromatic rings. The van der Waals surface area contributed by atoms with E-state index in [1.54, 1.807) is 6.07 Å². The number of carbonyl (C=O) groups is 1. The van der Waals surface area contributed by atoms with Crippen LogP contribution >= 0.6 is 38.5 Å². The van der Waals surface area contributed by atoms with Crippen LogP contribution in [0.1, 0.15) is 10.5 Å². The first kappa shape index (κ1) is 10.7. The summed E-state index contributed by atoms with van der Waals surface area (Å²) in [6, 6.07) is 1.63. The van der Waals surface area contributed by atoms with Gasteiger partial charge in [0.1, 0.15) is 3.70 Å². The molecule has 0 bridgehead atoms. The number of carbonyl (C=O) groups excluding carboxylic acids is 1. The highest BCUT2D eigenvalue weighted by Crippen LogP contribution is 2.22. The minimum atomic E-state index is -0.525. The van der Waals surface area contributed by atoms with Crippen molar-refractivity contribution in [2.45, 2.75) is 0 Å². The minimum absolute atomic E-state index is 0.148. The third-order valence-electron chi connectivity index (χ3n) is 1.34. The summed E-state index contributed by atoms with van der Waals surface area (Å²) in [6.45, 7) is 0. The van der Waals surface area contributed by atoms with Gasteiger partial charge in [0.15, 0.2) is 5.69 Å². The fourth-order valence-corrected chi connectivity index (χ4v) is 1.47. The number of ether oxygens (including phenoxy) is 1. The van der Waals surface area contributed by atoms with Crippen molar-refractivity contribution in [3.8, 4) is 0 Å². The summed E-state index contributed by atoms with van der Waals surface area (Å²) in [7, 11) is 1.29. The van der Waals surface area contributed by atoms with E-state index in [9.17, 15) is 4.79 Å². The summed E-state index contributed by atoms with van der Waals surface area (Å²) in [6.07, 6.45) is 0. The van der Waals surface area contributed by atoms with Gasteiger partial charge in [0.05, 0.1) is 17.3 Å². The molecule has 0 saturated carbocycles. The third kappa shape index (κ3) is 2.31. The lowest BCUT2D eigenvalue weighted by Crippen LogP contribution is -2.09. The summed E-state index contributed by atoms with van der Waals surface area (Å²) in [5.74, 6) is -0.525. The van der Waals surface area contributed by atoms with E-state index < -0.39 is 5.97 Å². The Balaban J connectivity index is 3.23. The number of nitrogens with zero attached hydrogens (tertiary/aromatic N) is 1. The van der Waals surface area contributed by atoms with Crippen LogP contribution in [-0.2, 0) is 4.74 Å². The first-order valence-corrected chi connectivity index (χ1v) is 5.13. The molecule has 0 aliphatic carbocycles. The van der Waals surface area contributed by atoms with E-state index in [1.165, 1.54) is 7.11 Å². The van der Waals surface area contributed by atoms with Crippen LogP contribution < -0.4 is 5.73 Å². The monoisotopic (exact) mass is 356 g/mol. The molecule has 0 atom stereocenters. The predicted molar refractivity (Wildman–Crippen MR) is 60.4 cm³/mol. The third-order valence-corrected chi connectivity index (χ3v) is 3.51. The number of hydrogen-bond donors (Lipinski definition) is 1. The van der Waals surface area contributed by atoms with Crippen LogP contribution in [0, 0.1) is 3.70 Å². The lowest BCUT2D eigenvalue weighted by atomic mass is 10.3. The Hall–Kier alpha value is -0.370. The van der Waals surface area contributed by atoms with E-state index >= 15 is 0 Å². The Morgan fingerprint density at radius 1 is 1.77 bits per heavy atom. The Bertz CT molecular complexity index is 357. The van der Waals surface area contributed by atoms with Gasteiger partial charge in [-0.1, -0.05) is 0 Å². The van der Waals surface area contributed by atoms with Crippen molar-refractivity contribution >= 4 is 50.2 Å². The quantitative estimate of drug-likeness (QED) is 0.473. The smallest absolute Gasteiger partial charge is 0.358 e. The molecule has 1 rings (SSSR count). The van der Waals surface area contributed by atoms with E-state index in [4.69, 9.17) is 5.73 Å². The van der Waals surface area contributed by atoms with Gasteiger partial charge >= 0.3 is 5.97 Å². The molecule has 0 radical (unpaired) electrons. The predicted octanol–water partition coefficient (Wildman–Crippen LogP) is 1.82. The summed E-state index contributed by atoms with van der Waals surface area (Å²) >= 11 is 5.24. The first-order valence-electron chi connectivity index (χ1n) is 3.26. The fourth-order valence-electron chi connectivity index (χ4n) is 0.741. The second-order valence-electron chi connectivity index (χ2n) is 2.19. The van der Waals surface area contributed by atoms with Crippen LogP contribution in [0.25, 0.3) is 0 Å². The van der Waals surface area contributed by atoms with Gasteiger partial charge in [-0.2, -0.15) is 0 Å². The zero-order valence-corrected chi connectivity index (χ0v) is 10.4. The molecule has 0 spiro atoms. The average molecular weight is 357 g/mol. The molecule has 70 valence electrons. The highest BCUT2D eigenvalue weighted by Gasteiger charge is 2.13. The van der Waals surface area contributed by atoms with Crippen LogP contribution in [0.15, 0.2) is 10.5 Å². The maximum Gasteiger partial charge on any atom is 0.358 e. The minimum Gasteiger partial charge on any atom is -0.464 e. The normalized spacial score (nSPS) is 9.77. The molecule has 0 unspecified atom stereocenters. The van der Waals surface area contributed by atoms with Gasteiger partial charge in [-0.15, -0.1) is 0 Å². The van der Waals surface area contributed by atoms with Gasteiger partial charge in [0, 0.05) is 0 Å². The molecule has 0 saturated heterocycles. The number of methoxy groups -OCH3 is 1. The summed E-state index contributed by atoms with van der Waals surface area (Å²) in [4.78, 5) is 15.1. The van der Waals surface area contributed by atoms with Crippen molar-refractivity contribution in [1.82, 2.24) is 4.98 Å². The molecule has 13 heavy (non-hydrogen) atoms. The number of anilines is 1. The van der Waals surface area contributed by atoms with Gasteiger partial charge in [0.25, 0.3) is 0 Å². The van der Waals surface area contributed by atoms with E-state index in [1.807, 2.05) is 22.6 Å². The lowest BCUT2D eigenvalue weighted by molar-refractivity contribution is 0.0595. The lowest BCUT2D eigenvalue weighted by Gasteiger charge is -2.04. The van der Waals surface area contributed by atoms with Crippen molar-refractivity contribution in [3.63, 3.8) is 0 Å². The number of aromatic nitrogens is 1. The molecule has 0 aliphatic heterocycles. The van der Waals surface area contributed by atoms with Crippen LogP contribution in [0.5, 0.6) is 0 Å². The molecular weight excluding hydrogens is 351 g/mol.